The van der Waals surface area contributed by atoms with E-state index in [0.29, 0.717) is 0 Å². The summed E-state index contributed by atoms with van der Waals surface area (Å²) in [6, 6.07) is 0. The zero-order chi connectivity index (χ0) is 3.58. The molecule has 0 N–H and O–H groups in total. The van der Waals surface area contributed by atoms with Crippen molar-refractivity contribution in [3.8, 4) is 0 Å². The molecule has 28 valence electrons. The van der Waals surface area contributed by atoms with Crippen molar-refractivity contribution in [2.75, 3.05) is 0 Å². The van der Waals surface area contributed by atoms with Crippen LogP contribution in [0.1, 0.15) is 9.78 Å². The van der Waals surface area contributed by atoms with Gasteiger partial charge in [0.05, 0.1) is 0 Å². The molecule has 0 aromatic heterocycles. The number of carbonyl (C=O) groups excluding carboxylic acids is 1. The van der Waals surface area contributed by atoms with E-state index in [4.69, 9.17) is 0 Å². The van der Waals surface area contributed by atoms with Crippen LogP contribution in [0.25, 0.3) is 0 Å². The van der Waals surface area contributed by atoms with Crippen molar-refractivity contribution in [1.82, 2.24) is 0 Å². The van der Waals surface area contributed by atoms with Gasteiger partial charge in [0, 0.05) is 6.92 Å². The quantitative estimate of drug-likeness (QED) is 0.455. The van der Waals surface area contributed by atoms with Crippen molar-refractivity contribution in [2.24, 2.45) is 0 Å². The molecule has 0 aromatic rings. The minimum atomic E-state index is -0.139. The van der Waals surface area contributed by atoms with Crippen molar-refractivity contribution in [2.45, 2.75) is 6.92 Å². The Balaban J connectivity index is -0.0000000150. The first-order valence-electron chi connectivity index (χ1n) is 0.928. The average molecular weight is 215 g/mol. The molecule has 0 unspecified atom stereocenters. The number of hydrogen-bond donors (Lipinski definition) is 1. The third-order valence-corrected chi connectivity index (χ3v) is 0. The second-order valence-corrected chi connectivity index (χ2v) is 1.15. The number of thiol groups is 1. The first kappa shape index (κ1) is 9.78. The molecule has 0 saturated carbocycles. The fraction of sp³-hybridized carbons (Fsp3) is 0.500. The van der Waals surface area contributed by atoms with E-state index in [1.165, 1.54) is 6.92 Å². The Bertz CT molecular complexity index is 38.7. The minimum absolute atomic E-state index is 0. The molecule has 0 radical (unpaired) electrons. The van der Waals surface area contributed by atoms with Gasteiger partial charge in [0.15, 0.2) is 5.12 Å². The maximum Gasteiger partial charge on any atom is 2.00 e. The third kappa shape index (κ3) is 28.5. The van der Waals surface area contributed by atoms with E-state index in [2.05, 4.69) is 12.6 Å². The largest absolute Gasteiger partial charge is 2.00 e. The first-order chi connectivity index (χ1) is 1.73. The van der Waals surface area contributed by atoms with E-state index in [1.54, 1.807) is 0 Å². The summed E-state index contributed by atoms with van der Waals surface area (Å²) < 4.78 is 0. The summed E-state index contributed by atoms with van der Waals surface area (Å²) in [5.74, 6) is 0. The van der Waals surface area contributed by atoms with Crippen LogP contribution in [0.3, 0.4) is 0 Å². The number of rotatable bonds is 0. The van der Waals surface area contributed by atoms with Crippen LogP contribution in [-0.4, -0.2) is 54.0 Å². The number of carbonyl (C=O) groups is 1. The second kappa shape index (κ2) is 5.59. The van der Waals surface area contributed by atoms with E-state index in [-0.39, 0.29) is 56.8 Å². The zero-order valence-corrected chi connectivity index (χ0v) is 8.40. The average Bonchev–Trinajstić information content (AvgIpc) is 0.811. The molecule has 0 spiro atoms. The predicted molar refractivity (Wildman–Crippen MR) is 27.6 cm³/mol. The van der Waals surface area contributed by atoms with Crippen LogP contribution in [0, 0.1) is 0 Å². The van der Waals surface area contributed by atoms with Gasteiger partial charge in [-0.3, -0.25) is 4.79 Å². The van der Waals surface area contributed by atoms with Crippen LogP contribution >= 0.6 is 12.6 Å². The predicted octanol–water partition coefficient (Wildman–Crippen LogP) is 0.307. The number of hydrogen-bond acceptors (Lipinski definition) is 1. The van der Waals surface area contributed by atoms with Crippen molar-refractivity contribution in [3.05, 3.63) is 0 Å². The molecular formula is C2H6BaOS. The van der Waals surface area contributed by atoms with Crippen LogP contribution in [0.15, 0.2) is 0 Å². The van der Waals surface area contributed by atoms with E-state index in [1.807, 2.05) is 0 Å². The van der Waals surface area contributed by atoms with Crippen LogP contribution in [0.5, 0.6) is 0 Å². The van der Waals surface area contributed by atoms with Crippen LogP contribution < -0.4 is 0 Å². The molecule has 0 aromatic carbocycles. The van der Waals surface area contributed by atoms with Crippen LogP contribution in [-0.2, 0) is 4.79 Å². The van der Waals surface area contributed by atoms with Gasteiger partial charge in [-0.1, -0.05) is 0 Å². The van der Waals surface area contributed by atoms with Crippen molar-refractivity contribution in [1.29, 1.82) is 0 Å². The van der Waals surface area contributed by atoms with Gasteiger partial charge >= 0.3 is 48.9 Å². The first-order valence-corrected chi connectivity index (χ1v) is 1.37. The zero-order valence-electron chi connectivity index (χ0n) is 5.06. The molecule has 0 bridgehead atoms. The fourth-order valence-corrected chi connectivity index (χ4v) is 0. The molecule has 0 aliphatic rings. The molecule has 0 saturated heterocycles. The second-order valence-electron chi connectivity index (χ2n) is 0.519. The van der Waals surface area contributed by atoms with Crippen LogP contribution in [0.4, 0.5) is 0 Å². The van der Waals surface area contributed by atoms with Gasteiger partial charge in [-0.25, -0.2) is 0 Å². The summed E-state index contributed by atoms with van der Waals surface area (Å²) in [6.07, 6.45) is 0. The summed E-state index contributed by atoms with van der Waals surface area (Å²) in [5.41, 5.74) is 0. The molecule has 3 heteroatoms. The molecule has 0 rings (SSSR count). The van der Waals surface area contributed by atoms with Crippen molar-refractivity contribution in [3.63, 3.8) is 0 Å². The maximum atomic E-state index is 9.31. The topological polar surface area (TPSA) is 17.1 Å². The van der Waals surface area contributed by atoms with E-state index < -0.39 is 0 Å². The molecular weight excluding hydrogens is 209 g/mol. The Hall–Kier alpha value is 1.59. The summed E-state index contributed by atoms with van der Waals surface area (Å²) in [7, 11) is 0. The van der Waals surface area contributed by atoms with E-state index >= 15 is 0 Å². The Morgan fingerprint density at radius 3 is 2.00 bits per heavy atom. The SMILES string of the molecule is CC(=O)S.[Ba+2].[H-].[H-]. The summed E-state index contributed by atoms with van der Waals surface area (Å²) in [4.78, 5) is 9.31. The summed E-state index contributed by atoms with van der Waals surface area (Å²) in [6.45, 7) is 1.39. The normalized spacial score (nSPS) is 5.20. The van der Waals surface area contributed by atoms with Gasteiger partial charge in [-0.2, -0.15) is 0 Å². The fourth-order valence-electron chi connectivity index (χ4n) is 0. The molecule has 5 heavy (non-hydrogen) atoms. The van der Waals surface area contributed by atoms with Gasteiger partial charge in [-0.05, 0) is 0 Å². The molecule has 0 atom stereocenters. The van der Waals surface area contributed by atoms with E-state index in [0.717, 1.165) is 0 Å². The Kier molecular flexibility index (Phi) is 10.9. The Morgan fingerprint density at radius 2 is 2.00 bits per heavy atom. The smallest absolute Gasteiger partial charge is 1.00 e. The Morgan fingerprint density at radius 1 is 2.00 bits per heavy atom. The summed E-state index contributed by atoms with van der Waals surface area (Å²) >= 11 is 3.33. The standard InChI is InChI=1S/C2H4OS.Ba.2H/c1-2(3)4;;;/h1H3,(H,3,4);;;/q;+2;2*-1. The van der Waals surface area contributed by atoms with Crippen molar-refractivity contribution >= 4 is 66.6 Å². The molecule has 0 amide bonds. The van der Waals surface area contributed by atoms with Gasteiger partial charge < -0.3 is 2.85 Å². The molecule has 1 nitrogen and oxygen atoms in total. The minimum Gasteiger partial charge on any atom is -1.00 e. The van der Waals surface area contributed by atoms with Crippen molar-refractivity contribution < 1.29 is 7.65 Å². The third-order valence-electron chi connectivity index (χ3n) is 0. The molecule has 0 aliphatic carbocycles. The Labute approximate surface area is 80.0 Å². The van der Waals surface area contributed by atoms with Crippen LogP contribution in [0.2, 0.25) is 0 Å². The van der Waals surface area contributed by atoms with E-state index in [9.17, 15) is 4.79 Å². The van der Waals surface area contributed by atoms with Gasteiger partial charge in [-0.15, -0.1) is 12.6 Å². The van der Waals surface area contributed by atoms with Gasteiger partial charge in [0.1, 0.15) is 0 Å². The van der Waals surface area contributed by atoms with Gasteiger partial charge in [0.25, 0.3) is 0 Å². The summed E-state index contributed by atoms with van der Waals surface area (Å²) in [5, 5.41) is -0.139. The maximum absolute atomic E-state index is 9.31. The monoisotopic (exact) mass is 216 g/mol. The molecule has 0 fully saturated rings. The van der Waals surface area contributed by atoms with Gasteiger partial charge in [0.2, 0.25) is 0 Å². The molecule has 0 heterocycles. The molecule has 0 aliphatic heterocycles.